The van der Waals surface area contributed by atoms with Crippen LogP contribution in [0.4, 0.5) is 5.00 Å². The molecule has 1 aliphatic rings. The highest BCUT2D eigenvalue weighted by atomic mass is 32.1. The Balaban J connectivity index is 2.03. The van der Waals surface area contributed by atoms with Gasteiger partial charge in [-0.2, -0.15) is 0 Å². The number of rotatable bonds is 2. The van der Waals surface area contributed by atoms with Gasteiger partial charge in [-0.15, -0.1) is 11.3 Å². The molecule has 2 nitrogen and oxygen atoms in total. The Morgan fingerprint density at radius 2 is 2.38 bits per heavy atom. The van der Waals surface area contributed by atoms with E-state index in [0.717, 1.165) is 19.5 Å². The van der Waals surface area contributed by atoms with E-state index in [1.54, 1.807) is 7.11 Å². The summed E-state index contributed by atoms with van der Waals surface area (Å²) in [5.74, 6) is 0. The standard InChI is InChI=1S/C10H15NOS/c1-8-3-4-10(13-8)11-6-5-9(7-11)12-2/h3-4,9H,5-7H2,1-2H3/t9-/m0/s1. The first kappa shape index (κ1) is 9.03. The van der Waals surface area contributed by atoms with Gasteiger partial charge in [0.2, 0.25) is 0 Å². The molecule has 1 aromatic rings. The summed E-state index contributed by atoms with van der Waals surface area (Å²) in [7, 11) is 1.80. The van der Waals surface area contributed by atoms with Gasteiger partial charge < -0.3 is 9.64 Å². The normalized spacial score (nSPS) is 22.6. The van der Waals surface area contributed by atoms with Crippen LogP contribution in [0.15, 0.2) is 12.1 Å². The van der Waals surface area contributed by atoms with Gasteiger partial charge in [0.15, 0.2) is 0 Å². The van der Waals surface area contributed by atoms with Gasteiger partial charge >= 0.3 is 0 Å². The highest BCUT2D eigenvalue weighted by Gasteiger charge is 2.22. The lowest BCUT2D eigenvalue weighted by molar-refractivity contribution is 0.121. The van der Waals surface area contributed by atoms with Gasteiger partial charge in [0, 0.05) is 25.1 Å². The Morgan fingerprint density at radius 1 is 1.54 bits per heavy atom. The van der Waals surface area contributed by atoms with Crippen molar-refractivity contribution in [2.24, 2.45) is 0 Å². The third-order valence-electron chi connectivity index (χ3n) is 2.52. The van der Waals surface area contributed by atoms with Gasteiger partial charge in [-0.05, 0) is 25.5 Å². The van der Waals surface area contributed by atoms with Crippen molar-refractivity contribution in [2.45, 2.75) is 19.4 Å². The van der Waals surface area contributed by atoms with Crippen LogP contribution in [0, 0.1) is 6.92 Å². The Bertz CT molecular complexity index is 284. The van der Waals surface area contributed by atoms with Crippen LogP contribution in [0.5, 0.6) is 0 Å². The van der Waals surface area contributed by atoms with E-state index >= 15 is 0 Å². The fourth-order valence-electron chi connectivity index (χ4n) is 1.71. The Labute approximate surface area is 83.1 Å². The van der Waals surface area contributed by atoms with Crippen molar-refractivity contribution in [2.75, 3.05) is 25.1 Å². The van der Waals surface area contributed by atoms with Crippen molar-refractivity contribution in [3.05, 3.63) is 17.0 Å². The summed E-state index contributed by atoms with van der Waals surface area (Å²) in [5, 5.41) is 1.39. The lowest BCUT2D eigenvalue weighted by Crippen LogP contribution is -2.20. The molecule has 3 heteroatoms. The molecule has 1 aromatic heterocycles. The number of hydrogen-bond acceptors (Lipinski definition) is 3. The molecule has 0 unspecified atom stereocenters. The highest BCUT2D eigenvalue weighted by molar-refractivity contribution is 7.16. The summed E-state index contributed by atoms with van der Waals surface area (Å²) in [6.07, 6.45) is 1.59. The Kier molecular flexibility index (Phi) is 2.56. The van der Waals surface area contributed by atoms with Crippen LogP contribution in [0.1, 0.15) is 11.3 Å². The van der Waals surface area contributed by atoms with Crippen LogP contribution in [0.2, 0.25) is 0 Å². The molecule has 0 amide bonds. The smallest absolute Gasteiger partial charge is 0.0912 e. The van der Waals surface area contributed by atoms with E-state index in [-0.39, 0.29) is 0 Å². The van der Waals surface area contributed by atoms with Crippen LogP contribution in [-0.2, 0) is 4.74 Å². The van der Waals surface area contributed by atoms with E-state index in [9.17, 15) is 0 Å². The van der Waals surface area contributed by atoms with Crippen molar-refractivity contribution in [3.63, 3.8) is 0 Å². The van der Waals surface area contributed by atoms with Crippen molar-refractivity contribution in [1.82, 2.24) is 0 Å². The van der Waals surface area contributed by atoms with E-state index < -0.39 is 0 Å². The Morgan fingerprint density at radius 3 is 2.92 bits per heavy atom. The fourth-order valence-corrected chi connectivity index (χ4v) is 2.61. The molecule has 0 spiro atoms. The number of anilines is 1. The largest absolute Gasteiger partial charge is 0.380 e. The minimum atomic E-state index is 0.433. The summed E-state index contributed by atoms with van der Waals surface area (Å²) in [4.78, 5) is 3.79. The van der Waals surface area contributed by atoms with E-state index in [0.29, 0.717) is 6.10 Å². The molecule has 1 aliphatic heterocycles. The molecular weight excluding hydrogens is 182 g/mol. The number of aryl methyl sites for hydroxylation is 1. The molecule has 13 heavy (non-hydrogen) atoms. The van der Waals surface area contributed by atoms with E-state index in [2.05, 4.69) is 24.0 Å². The zero-order valence-corrected chi connectivity index (χ0v) is 8.93. The predicted molar refractivity (Wildman–Crippen MR) is 56.7 cm³/mol. The highest BCUT2D eigenvalue weighted by Crippen LogP contribution is 2.28. The second-order valence-corrected chi connectivity index (χ2v) is 4.74. The lowest BCUT2D eigenvalue weighted by atomic mass is 10.3. The van der Waals surface area contributed by atoms with Crippen LogP contribution >= 0.6 is 11.3 Å². The average Bonchev–Trinajstić information content (AvgIpc) is 2.71. The summed E-state index contributed by atoms with van der Waals surface area (Å²) in [6.45, 7) is 4.34. The summed E-state index contributed by atoms with van der Waals surface area (Å²) in [5.41, 5.74) is 0. The van der Waals surface area contributed by atoms with Gasteiger partial charge in [-0.3, -0.25) is 0 Å². The number of ether oxygens (including phenoxy) is 1. The second kappa shape index (κ2) is 3.68. The molecule has 0 aromatic carbocycles. The monoisotopic (exact) mass is 197 g/mol. The third-order valence-corrected chi connectivity index (χ3v) is 3.58. The molecule has 1 saturated heterocycles. The second-order valence-electron chi connectivity index (χ2n) is 3.48. The maximum Gasteiger partial charge on any atom is 0.0912 e. The molecule has 1 fully saturated rings. The van der Waals surface area contributed by atoms with E-state index in [1.807, 2.05) is 11.3 Å². The van der Waals surface area contributed by atoms with Gasteiger partial charge in [-0.1, -0.05) is 0 Å². The lowest BCUT2D eigenvalue weighted by Gasteiger charge is -2.15. The zero-order chi connectivity index (χ0) is 9.26. The quantitative estimate of drug-likeness (QED) is 0.721. The van der Waals surface area contributed by atoms with Gasteiger partial charge in [0.25, 0.3) is 0 Å². The van der Waals surface area contributed by atoms with E-state index in [1.165, 1.54) is 9.88 Å². The van der Waals surface area contributed by atoms with Gasteiger partial charge in [0.05, 0.1) is 11.1 Å². The van der Waals surface area contributed by atoms with Crippen LogP contribution < -0.4 is 4.90 Å². The first-order valence-electron chi connectivity index (χ1n) is 4.64. The zero-order valence-electron chi connectivity index (χ0n) is 8.12. The summed E-state index contributed by atoms with van der Waals surface area (Å²) in [6, 6.07) is 4.39. The fraction of sp³-hybridized carbons (Fsp3) is 0.600. The molecule has 2 heterocycles. The molecule has 0 N–H and O–H groups in total. The van der Waals surface area contributed by atoms with Gasteiger partial charge in [0.1, 0.15) is 0 Å². The molecule has 0 aliphatic carbocycles. The number of hydrogen-bond donors (Lipinski definition) is 0. The summed E-state index contributed by atoms with van der Waals surface area (Å²) < 4.78 is 5.33. The summed E-state index contributed by atoms with van der Waals surface area (Å²) >= 11 is 1.87. The molecule has 1 atom stereocenters. The van der Waals surface area contributed by atoms with Crippen molar-refractivity contribution >= 4 is 16.3 Å². The number of thiophene rings is 1. The Hall–Kier alpha value is -0.540. The van der Waals surface area contributed by atoms with Crippen molar-refractivity contribution < 1.29 is 4.74 Å². The van der Waals surface area contributed by atoms with Crippen LogP contribution in [-0.4, -0.2) is 26.3 Å². The number of methoxy groups -OCH3 is 1. The predicted octanol–water partition coefficient (Wildman–Crippen LogP) is 2.28. The molecular formula is C10H15NOS. The first-order valence-corrected chi connectivity index (χ1v) is 5.45. The molecule has 72 valence electrons. The molecule has 0 saturated carbocycles. The minimum absolute atomic E-state index is 0.433. The van der Waals surface area contributed by atoms with Crippen LogP contribution in [0.3, 0.4) is 0 Å². The van der Waals surface area contributed by atoms with Gasteiger partial charge in [-0.25, -0.2) is 0 Å². The first-order chi connectivity index (χ1) is 6.29. The molecule has 0 radical (unpaired) electrons. The number of nitrogens with zero attached hydrogens (tertiary/aromatic N) is 1. The SMILES string of the molecule is CO[C@H]1CCN(c2ccc(C)s2)C1. The van der Waals surface area contributed by atoms with Crippen LogP contribution in [0.25, 0.3) is 0 Å². The molecule has 0 bridgehead atoms. The van der Waals surface area contributed by atoms with E-state index in [4.69, 9.17) is 4.74 Å². The van der Waals surface area contributed by atoms with Crippen molar-refractivity contribution in [1.29, 1.82) is 0 Å². The maximum absolute atomic E-state index is 5.33. The minimum Gasteiger partial charge on any atom is -0.380 e. The average molecular weight is 197 g/mol. The maximum atomic E-state index is 5.33. The molecule has 2 rings (SSSR count). The van der Waals surface area contributed by atoms with Crippen molar-refractivity contribution in [3.8, 4) is 0 Å². The third kappa shape index (κ3) is 1.86. The topological polar surface area (TPSA) is 12.5 Å².